The van der Waals surface area contributed by atoms with Gasteiger partial charge in [0.25, 0.3) is 0 Å². The Labute approximate surface area is 152 Å². The Bertz CT molecular complexity index is 445. The van der Waals surface area contributed by atoms with E-state index in [0.29, 0.717) is 0 Å². The van der Waals surface area contributed by atoms with Gasteiger partial charge in [0, 0.05) is 0 Å². The van der Waals surface area contributed by atoms with Crippen LogP contribution in [0.3, 0.4) is 0 Å². The molecule has 0 bridgehead atoms. The Morgan fingerprint density at radius 1 is 0.750 bits per heavy atom. The molecular formula is C17H15O2Sm. The van der Waals surface area contributed by atoms with Gasteiger partial charge in [-0.3, -0.25) is 6.08 Å². The second kappa shape index (κ2) is 12.9. The van der Waals surface area contributed by atoms with Crippen LogP contribution in [0.1, 0.15) is 6.42 Å². The maximum atomic E-state index is 10.3. The Balaban J connectivity index is 0.000000268. The molecule has 0 saturated heterocycles. The average molecular weight is 402 g/mol. The monoisotopic (exact) mass is 403 g/mol. The smallest absolute Gasteiger partial charge is 0.872 e. The summed E-state index contributed by atoms with van der Waals surface area (Å²) in [4.78, 5) is 0. The molecule has 2 aromatic carbocycles. The fourth-order valence-electron chi connectivity index (χ4n) is 1.18. The molecule has 101 valence electrons. The summed E-state index contributed by atoms with van der Waals surface area (Å²) in [5, 5.41) is 20.5. The molecule has 1 aliphatic carbocycles. The Morgan fingerprint density at radius 2 is 1.20 bits per heavy atom. The van der Waals surface area contributed by atoms with E-state index in [1.165, 1.54) is 24.3 Å². The predicted molar refractivity (Wildman–Crippen MR) is 73.3 cm³/mol. The van der Waals surface area contributed by atoms with Crippen LogP contribution in [-0.4, -0.2) is 0 Å². The van der Waals surface area contributed by atoms with Crippen molar-refractivity contribution in [2.75, 3.05) is 0 Å². The van der Waals surface area contributed by atoms with Crippen LogP contribution >= 0.6 is 0 Å². The molecule has 2 nitrogen and oxygen atoms in total. The van der Waals surface area contributed by atoms with E-state index in [9.17, 15) is 10.2 Å². The summed E-state index contributed by atoms with van der Waals surface area (Å²) in [6, 6.07) is 16.7. The second-order valence-electron chi connectivity index (χ2n) is 3.63. The molecular weight excluding hydrogens is 387 g/mol. The van der Waals surface area contributed by atoms with Crippen molar-refractivity contribution in [3.05, 3.63) is 85.0 Å². The van der Waals surface area contributed by atoms with E-state index in [-0.39, 0.29) is 51.9 Å². The third kappa shape index (κ3) is 10.8. The number of hydrogen-bond donors (Lipinski definition) is 0. The van der Waals surface area contributed by atoms with Gasteiger partial charge in [0.05, 0.1) is 0 Å². The maximum Gasteiger partial charge on any atom is 3.00 e. The quantitative estimate of drug-likeness (QED) is 0.637. The molecule has 3 heteroatoms. The van der Waals surface area contributed by atoms with Crippen molar-refractivity contribution in [2.24, 2.45) is 0 Å². The van der Waals surface area contributed by atoms with Gasteiger partial charge in [-0.2, -0.15) is 6.08 Å². The first kappa shape index (κ1) is 18.9. The molecule has 0 aliphatic heterocycles. The van der Waals surface area contributed by atoms with E-state index in [1.54, 1.807) is 24.3 Å². The average Bonchev–Trinajstić information content (AvgIpc) is 3.00. The van der Waals surface area contributed by atoms with E-state index in [2.05, 4.69) is 12.2 Å². The van der Waals surface area contributed by atoms with Gasteiger partial charge in [0.15, 0.2) is 0 Å². The van der Waals surface area contributed by atoms with Crippen LogP contribution in [0.5, 0.6) is 11.5 Å². The van der Waals surface area contributed by atoms with Crippen LogP contribution in [0.2, 0.25) is 0 Å². The SMILES string of the molecule is [C-]1=CC=CC1.[O-]c1ccccc1.[O-]c1ccccc1.[Sm+3]. The summed E-state index contributed by atoms with van der Waals surface area (Å²) in [6.07, 6.45) is 10.0. The Morgan fingerprint density at radius 3 is 1.35 bits per heavy atom. The zero-order valence-corrected chi connectivity index (χ0v) is 13.6. The summed E-state index contributed by atoms with van der Waals surface area (Å²) in [5.41, 5.74) is 0. The van der Waals surface area contributed by atoms with E-state index in [0.717, 1.165) is 6.42 Å². The standard InChI is InChI=1S/2C6H6O.C5H5.Sm/c2*7-6-4-2-1-3-5-6;1-2-4-5-3-1;/h2*1-5,7H;1-3H,4H2;/q;;-1;+3/p-2. The van der Waals surface area contributed by atoms with Gasteiger partial charge < -0.3 is 10.2 Å². The molecule has 1 aliphatic rings. The first-order chi connectivity index (χ1) is 9.29. The van der Waals surface area contributed by atoms with E-state index < -0.39 is 0 Å². The number of allylic oxidation sites excluding steroid dienone is 4. The molecule has 0 heterocycles. The van der Waals surface area contributed by atoms with Crippen molar-refractivity contribution in [3.63, 3.8) is 0 Å². The number of para-hydroxylation sites is 2. The van der Waals surface area contributed by atoms with Crippen molar-refractivity contribution in [3.8, 4) is 11.5 Å². The summed E-state index contributed by atoms with van der Waals surface area (Å²) in [7, 11) is 0. The fourth-order valence-corrected chi connectivity index (χ4v) is 1.18. The van der Waals surface area contributed by atoms with Crippen LogP contribution in [0.4, 0.5) is 0 Å². The zero-order chi connectivity index (χ0) is 13.8. The molecule has 0 spiro atoms. The third-order valence-corrected chi connectivity index (χ3v) is 2.07. The van der Waals surface area contributed by atoms with Crippen LogP contribution in [0.25, 0.3) is 0 Å². The summed E-state index contributed by atoms with van der Waals surface area (Å²) < 4.78 is 0. The minimum Gasteiger partial charge on any atom is -0.872 e. The van der Waals surface area contributed by atoms with Crippen LogP contribution in [-0.2, 0) is 0 Å². The minimum atomic E-state index is 0. The Kier molecular flexibility index (Phi) is 12.1. The van der Waals surface area contributed by atoms with E-state index in [4.69, 9.17) is 0 Å². The van der Waals surface area contributed by atoms with E-state index >= 15 is 0 Å². The zero-order valence-electron chi connectivity index (χ0n) is 10.9. The molecule has 3 rings (SSSR count). The molecule has 0 aromatic heterocycles. The number of rotatable bonds is 0. The molecule has 0 saturated carbocycles. The van der Waals surface area contributed by atoms with Crippen molar-refractivity contribution in [1.29, 1.82) is 0 Å². The molecule has 0 fully saturated rings. The number of benzene rings is 2. The molecule has 0 N–H and O–H groups in total. The van der Waals surface area contributed by atoms with Gasteiger partial charge >= 0.3 is 40.4 Å². The molecule has 0 atom stereocenters. The van der Waals surface area contributed by atoms with E-state index in [1.807, 2.05) is 24.3 Å². The van der Waals surface area contributed by atoms with Gasteiger partial charge in [-0.25, -0.2) is 12.2 Å². The molecule has 2 aromatic rings. The molecule has 0 unspecified atom stereocenters. The number of hydrogen-bond acceptors (Lipinski definition) is 2. The van der Waals surface area contributed by atoms with Crippen molar-refractivity contribution >= 4 is 0 Å². The van der Waals surface area contributed by atoms with Crippen molar-refractivity contribution in [2.45, 2.75) is 6.42 Å². The van der Waals surface area contributed by atoms with Gasteiger partial charge in [-0.05, 0) is 0 Å². The largest absolute Gasteiger partial charge is 3.00 e. The fraction of sp³-hybridized carbons (Fsp3) is 0.0588. The van der Waals surface area contributed by atoms with Gasteiger partial charge in [0.2, 0.25) is 0 Å². The molecule has 0 amide bonds. The van der Waals surface area contributed by atoms with Crippen LogP contribution < -0.4 is 10.2 Å². The Hall–Kier alpha value is -1.14. The maximum absolute atomic E-state index is 10.3. The van der Waals surface area contributed by atoms with Gasteiger partial charge in [-0.15, -0.1) is 17.9 Å². The second-order valence-corrected chi connectivity index (χ2v) is 3.63. The summed E-state index contributed by atoms with van der Waals surface area (Å²) in [6.45, 7) is 0. The van der Waals surface area contributed by atoms with Crippen LogP contribution in [0, 0.1) is 46.5 Å². The van der Waals surface area contributed by atoms with Crippen LogP contribution in [0.15, 0.2) is 78.9 Å². The summed E-state index contributed by atoms with van der Waals surface area (Å²) >= 11 is 0. The third-order valence-electron chi connectivity index (χ3n) is 2.07. The van der Waals surface area contributed by atoms with Crippen molar-refractivity contribution in [1.82, 2.24) is 0 Å². The first-order valence-corrected chi connectivity index (χ1v) is 5.95. The minimum absolute atomic E-state index is 0. The molecule has 1 radical (unpaired) electrons. The van der Waals surface area contributed by atoms with Gasteiger partial charge in [-0.1, -0.05) is 60.7 Å². The van der Waals surface area contributed by atoms with Gasteiger partial charge in [0.1, 0.15) is 0 Å². The normalized spacial score (nSPS) is 10.4. The predicted octanol–water partition coefficient (Wildman–Crippen LogP) is 2.83. The molecule has 20 heavy (non-hydrogen) atoms. The summed E-state index contributed by atoms with van der Waals surface area (Å²) in [5.74, 6) is 0.144. The van der Waals surface area contributed by atoms with Crippen molar-refractivity contribution < 1.29 is 50.6 Å². The first-order valence-electron chi connectivity index (χ1n) is 5.95. The topological polar surface area (TPSA) is 46.1 Å².